The van der Waals surface area contributed by atoms with E-state index in [-0.39, 0.29) is 0 Å². The van der Waals surface area contributed by atoms with E-state index in [0.29, 0.717) is 5.17 Å². The van der Waals surface area contributed by atoms with E-state index in [2.05, 4.69) is 18.2 Å². The minimum absolute atomic E-state index is 0.466. The Balaban J connectivity index is 5.32. The van der Waals surface area contributed by atoms with Crippen molar-refractivity contribution in [3.63, 3.8) is 0 Å². The second-order valence-electron chi connectivity index (χ2n) is 2.29. The van der Waals surface area contributed by atoms with Crippen LogP contribution in [0, 0.1) is 0 Å². The molecule has 0 saturated heterocycles. The van der Waals surface area contributed by atoms with Crippen LogP contribution < -0.4 is 0 Å². The topological polar surface area (TPSA) is 12.4 Å². The molecule has 0 atom stereocenters. The zero-order valence-electron chi connectivity index (χ0n) is 8.05. The van der Waals surface area contributed by atoms with E-state index < -0.39 is 0 Å². The molecule has 0 heterocycles. The molecule has 13 heavy (non-hydrogen) atoms. The fourth-order valence-corrected chi connectivity index (χ4v) is 1.05. The van der Waals surface area contributed by atoms with Crippen LogP contribution >= 0.6 is 11.6 Å². The van der Waals surface area contributed by atoms with Crippen LogP contribution in [-0.2, 0) is 0 Å². The van der Waals surface area contributed by atoms with Crippen molar-refractivity contribution in [3.8, 4) is 0 Å². The van der Waals surface area contributed by atoms with Gasteiger partial charge in [0.25, 0.3) is 0 Å². The number of aliphatic imine (C=N–C) groups is 1. The average Bonchev–Trinajstić information content (AvgIpc) is 2.17. The van der Waals surface area contributed by atoms with Crippen LogP contribution in [0.3, 0.4) is 0 Å². The van der Waals surface area contributed by atoms with Crippen molar-refractivity contribution < 1.29 is 0 Å². The number of hydrogen-bond donors (Lipinski definition) is 0. The molecule has 0 rings (SSSR count). The number of nitrogens with zero attached hydrogens (tertiary/aromatic N) is 1. The molecule has 0 N–H and O–H groups in total. The summed E-state index contributed by atoms with van der Waals surface area (Å²) in [4.78, 5) is 3.90. The van der Waals surface area contributed by atoms with Gasteiger partial charge in [0.05, 0.1) is 0 Å². The zero-order chi connectivity index (χ0) is 10.3. The van der Waals surface area contributed by atoms with Crippen molar-refractivity contribution in [3.05, 3.63) is 48.6 Å². The molecule has 0 spiro atoms. The zero-order valence-corrected chi connectivity index (χ0v) is 8.80. The van der Waals surface area contributed by atoms with Crippen molar-refractivity contribution >= 4 is 16.8 Å². The maximum Gasteiger partial charge on any atom is 0.131 e. The second-order valence-corrected chi connectivity index (χ2v) is 2.65. The fourth-order valence-electron chi connectivity index (χ4n) is 0.874. The summed E-state index contributed by atoms with van der Waals surface area (Å²) in [5, 5.41) is 0.466. The summed E-state index contributed by atoms with van der Waals surface area (Å²) >= 11 is 5.91. The lowest BCUT2D eigenvalue weighted by molar-refractivity contribution is 1.44. The monoisotopic (exact) mass is 195 g/mol. The van der Waals surface area contributed by atoms with Crippen LogP contribution in [0.15, 0.2) is 53.6 Å². The van der Waals surface area contributed by atoms with Gasteiger partial charge in [-0.2, -0.15) is 0 Å². The van der Waals surface area contributed by atoms with Gasteiger partial charge in [0.1, 0.15) is 5.17 Å². The van der Waals surface area contributed by atoms with Gasteiger partial charge in [0.15, 0.2) is 0 Å². The Morgan fingerprint density at radius 1 is 1.31 bits per heavy atom. The summed E-state index contributed by atoms with van der Waals surface area (Å²) < 4.78 is 0. The molecular weight excluding hydrogens is 182 g/mol. The Labute approximate surface area is 84.8 Å². The largest absolute Gasteiger partial charge is 0.276 e. The van der Waals surface area contributed by atoms with E-state index in [1.807, 2.05) is 19.1 Å². The molecule has 0 amide bonds. The van der Waals surface area contributed by atoms with E-state index in [1.54, 1.807) is 19.2 Å². The summed E-state index contributed by atoms with van der Waals surface area (Å²) in [5.41, 5.74) is 1.73. The fraction of sp³-hybridized carbons (Fsp3) is 0.182. The van der Waals surface area contributed by atoms with Gasteiger partial charge >= 0.3 is 0 Å². The van der Waals surface area contributed by atoms with E-state index in [4.69, 9.17) is 11.6 Å². The Kier molecular flexibility index (Phi) is 5.90. The van der Waals surface area contributed by atoms with Crippen LogP contribution in [0.2, 0.25) is 0 Å². The van der Waals surface area contributed by atoms with Crippen molar-refractivity contribution in [1.82, 2.24) is 0 Å². The molecule has 0 aromatic heterocycles. The molecule has 0 aliphatic rings. The number of halogens is 1. The minimum Gasteiger partial charge on any atom is -0.276 e. The van der Waals surface area contributed by atoms with E-state index in [9.17, 15) is 0 Å². The summed E-state index contributed by atoms with van der Waals surface area (Å²) in [7, 11) is 1.65. The molecule has 0 fully saturated rings. The Morgan fingerprint density at radius 2 is 1.85 bits per heavy atom. The van der Waals surface area contributed by atoms with Gasteiger partial charge in [-0.1, -0.05) is 49.1 Å². The first kappa shape index (κ1) is 11.9. The number of rotatable bonds is 4. The standard InChI is InChI=1S/C11H14ClN/c1-5-8-10(11(12)13-4)9(6-2)7-3/h5-8H,2-3H2,1,4H3/b8-5-,13-11?. The van der Waals surface area contributed by atoms with Crippen molar-refractivity contribution in [1.29, 1.82) is 0 Å². The van der Waals surface area contributed by atoms with Gasteiger partial charge < -0.3 is 0 Å². The summed E-state index contributed by atoms with van der Waals surface area (Å²) in [5.74, 6) is 0. The summed E-state index contributed by atoms with van der Waals surface area (Å²) in [6.45, 7) is 9.27. The smallest absolute Gasteiger partial charge is 0.131 e. The molecule has 0 aromatic carbocycles. The normalized spacial score (nSPS) is 11.5. The van der Waals surface area contributed by atoms with Crippen LogP contribution in [0.5, 0.6) is 0 Å². The van der Waals surface area contributed by atoms with Gasteiger partial charge in [0, 0.05) is 12.6 Å². The molecule has 1 nitrogen and oxygen atoms in total. The van der Waals surface area contributed by atoms with Crippen LogP contribution in [-0.4, -0.2) is 12.2 Å². The average molecular weight is 196 g/mol. The van der Waals surface area contributed by atoms with Crippen LogP contribution in [0.25, 0.3) is 0 Å². The van der Waals surface area contributed by atoms with E-state index >= 15 is 0 Å². The summed E-state index contributed by atoms with van der Waals surface area (Å²) in [6.07, 6.45) is 7.19. The Hall–Kier alpha value is -1.08. The third kappa shape index (κ3) is 3.43. The number of allylic oxidation sites excluding steroid dienone is 6. The molecule has 0 aliphatic heterocycles. The van der Waals surface area contributed by atoms with Gasteiger partial charge in [-0.3, -0.25) is 4.99 Å². The van der Waals surface area contributed by atoms with Crippen molar-refractivity contribution in [2.24, 2.45) is 4.99 Å². The van der Waals surface area contributed by atoms with E-state index in [0.717, 1.165) is 11.1 Å². The first-order chi connectivity index (χ1) is 6.21. The molecule has 70 valence electrons. The highest BCUT2D eigenvalue weighted by atomic mass is 35.5. The molecule has 0 saturated carbocycles. The quantitative estimate of drug-likeness (QED) is 0.481. The Bertz CT molecular complexity index is 272. The highest BCUT2D eigenvalue weighted by Crippen LogP contribution is 2.13. The van der Waals surface area contributed by atoms with Gasteiger partial charge in [-0.15, -0.1) is 0 Å². The van der Waals surface area contributed by atoms with Crippen molar-refractivity contribution in [2.75, 3.05) is 7.05 Å². The molecular formula is C11H14ClN. The predicted octanol–water partition coefficient (Wildman–Crippen LogP) is 3.50. The third-order valence-electron chi connectivity index (χ3n) is 1.50. The lowest BCUT2D eigenvalue weighted by atomic mass is 10.1. The highest BCUT2D eigenvalue weighted by molar-refractivity contribution is 6.70. The lowest BCUT2D eigenvalue weighted by Crippen LogP contribution is -1.94. The van der Waals surface area contributed by atoms with Crippen LogP contribution in [0.4, 0.5) is 0 Å². The van der Waals surface area contributed by atoms with Gasteiger partial charge in [-0.25, -0.2) is 0 Å². The molecule has 0 aliphatic carbocycles. The highest BCUT2D eigenvalue weighted by Gasteiger charge is 2.02. The second kappa shape index (κ2) is 6.44. The first-order valence-electron chi connectivity index (χ1n) is 3.95. The molecule has 0 bridgehead atoms. The molecule has 0 aromatic rings. The maximum atomic E-state index is 5.91. The lowest BCUT2D eigenvalue weighted by Gasteiger charge is -2.02. The molecule has 0 unspecified atom stereocenters. The maximum absolute atomic E-state index is 5.91. The number of hydrogen-bond acceptors (Lipinski definition) is 1. The first-order valence-corrected chi connectivity index (χ1v) is 4.33. The van der Waals surface area contributed by atoms with Crippen LogP contribution in [0.1, 0.15) is 6.92 Å². The van der Waals surface area contributed by atoms with E-state index in [1.165, 1.54) is 0 Å². The predicted molar refractivity (Wildman–Crippen MR) is 61.4 cm³/mol. The van der Waals surface area contributed by atoms with Gasteiger partial charge in [0.2, 0.25) is 0 Å². The SMILES string of the molecule is C=CC(C=C)=C(/C=C\C)C(Cl)=NC. The molecule has 2 heteroatoms. The third-order valence-corrected chi connectivity index (χ3v) is 1.88. The minimum atomic E-state index is 0.466. The summed E-state index contributed by atoms with van der Waals surface area (Å²) in [6, 6.07) is 0. The van der Waals surface area contributed by atoms with Gasteiger partial charge in [-0.05, 0) is 12.5 Å². The molecule has 0 radical (unpaired) electrons. The Morgan fingerprint density at radius 3 is 2.15 bits per heavy atom. The van der Waals surface area contributed by atoms with Crippen molar-refractivity contribution in [2.45, 2.75) is 6.92 Å².